The number of nitrogens with zero attached hydrogens (tertiary/aromatic N) is 6. The van der Waals surface area contributed by atoms with Crippen molar-refractivity contribution in [1.29, 1.82) is 0 Å². The lowest BCUT2D eigenvalue weighted by molar-refractivity contribution is 0.142. The van der Waals surface area contributed by atoms with Crippen LogP contribution in [0, 0.1) is 17.8 Å². The summed E-state index contributed by atoms with van der Waals surface area (Å²) >= 11 is 7.90. The minimum atomic E-state index is 0.198. The van der Waals surface area contributed by atoms with Gasteiger partial charge >= 0.3 is 0 Å². The molecule has 2 aliphatic carbocycles. The Bertz CT molecular complexity index is 1420. The van der Waals surface area contributed by atoms with Crippen LogP contribution in [0.1, 0.15) is 51.0 Å². The zero-order valence-electron chi connectivity index (χ0n) is 21.5. The number of fused-ring (bicyclic) bond motifs is 1. The van der Waals surface area contributed by atoms with Crippen molar-refractivity contribution in [1.82, 2.24) is 28.6 Å². The van der Waals surface area contributed by atoms with Crippen molar-refractivity contribution in [3.05, 3.63) is 54.1 Å². The largest absolute Gasteiger partial charge is 0.383 e. The van der Waals surface area contributed by atoms with Gasteiger partial charge in [0.1, 0.15) is 11.5 Å². The van der Waals surface area contributed by atoms with Crippen LogP contribution in [0.3, 0.4) is 0 Å². The first-order valence-electron chi connectivity index (χ1n) is 14.0. The topological polar surface area (TPSA) is 77.8 Å². The van der Waals surface area contributed by atoms with E-state index in [0.29, 0.717) is 11.9 Å². The average molecular weight is 548 g/mol. The molecule has 1 aliphatic heterocycles. The first kappa shape index (κ1) is 24.5. The molecule has 7 nitrogen and oxygen atoms in total. The monoisotopic (exact) mass is 547 g/mol. The number of hydrogen-bond donors (Lipinski definition) is 1. The maximum Gasteiger partial charge on any atom is 0.226 e. The minimum absolute atomic E-state index is 0.198. The molecule has 4 heterocycles. The molecule has 0 bridgehead atoms. The lowest BCUT2D eigenvalue weighted by Crippen LogP contribution is -2.37. The number of rotatable bonds is 7. The number of hydrogen-bond acceptors (Lipinski definition) is 6. The Morgan fingerprint density at radius 2 is 1.76 bits per heavy atom. The van der Waals surface area contributed by atoms with Gasteiger partial charge in [-0.05, 0) is 106 Å². The number of piperidine rings is 1. The molecular weight excluding hydrogens is 514 g/mol. The van der Waals surface area contributed by atoms with Gasteiger partial charge in [-0.2, -0.15) is 10.1 Å². The van der Waals surface area contributed by atoms with Gasteiger partial charge in [0.05, 0.1) is 11.1 Å². The molecule has 2 saturated carbocycles. The van der Waals surface area contributed by atoms with E-state index < -0.39 is 0 Å². The Kier molecular flexibility index (Phi) is 6.58. The molecule has 4 aromatic rings. The van der Waals surface area contributed by atoms with Crippen LogP contribution in [0.15, 0.2) is 53.7 Å². The first-order chi connectivity index (χ1) is 18.6. The van der Waals surface area contributed by atoms with Gasteiger partial charge in [-0.3, -0.25) is 0 Å². The quantitative estimate of drug-likeness (QED) is 0.264. The molecule has 2 atom stereocenters. The molecule has 1 aromatic carbocycles. The molecule has 1 saturated heterocycles. The predicted molar refractivity (Wildman–Crippen MR) is 154 cm³/mol. The van der Waals surface area contributed by atoms with Gasteiger partial charge in [-0.1, -0.05) is 18.2 Å². The summed E-state index contributed by atoms with van der Waals surface area (Å²) in [5.41, 5.74) is 9.11. The molecule has 3 aromatic heterocycles. The van der Waals surface area contributed by atoms with Crippen LogP contribution in [0.25, 0.3) is 22.3 Å². The fraction of sp³-hybridized carbons (Fsp3) is 0.483. The molecule has 198 valence electrons. The van der Waals surface area contributed by atoms with E-state index >= 15 is 0 Å². The number of nitrogen functional groups attached to an aromatic ring is 1. The second-order valence-electron chi connectivity index (χ2n) is 11.3. The van der Waals surface area contributed by atoms with Gasteiger partial charge in [0.25, 0.3) is 0 Å². The molecule has 0 radical (unpaired) electrons. The molecule has 2 unspecified atom stereocenters. The van der Waals surface area contributed by atoms with Crippen molar-refractivity contribution in [2.24, 2.45) is 17.8 Å². The van der Waals surface area contributed by atoms with Crippen LogP contribution < -0.4 is 5.73 Å². The highest BCUT2D eigenvalue weighted by Crippen LogP contribution is 2.45. The van der Waals surface area contributed by atoms with E-state index in [-0.39, 0.29) is 5.28 Å². The van der Waals surface area contributed by atoms with Gasteiger partial charge in [-0.25, -0.2) is 9.07 Å². The van der Waals surface area contributed by atoms with Gasteiger partial charge in [0.15, 0.2) is 0 Å². The smallest absolute Gasteiger partial charge is 0.226 e. The standard InChI is InChI=1S/C29H34ClN7S/c30-29-32-27(31)26-24(25-12-15-37(34-25)38-23-4-2-1-3-5-23)18-36(28(26)33-29)22-9-8-21(16-22)20-10-13-35(14-11-20)17-19-6-7-19/h1-5,12,15,18-22H,6-11,13-14,16-17H2,(H2,31,32,33). The van der Waals surface area contributed by atoms with Gasteiger partial charge in [0, 0.05) is 47.4 Å². The summed E-state index contributed by atoms with van der Waals surface area (Å²) in [6, 6.07) is 12.7. The minimum Gasteiger partial charge on any atom is -0.383 e. The van der Waals surface area contributed by atoms with Gasteiger partial charge in [-0.15, -0.1) is 0 Å². The third-order valence-corrected chi connectivity index (χ3v) is 9.85. The van der Waals surface area contributed by atoms with E-state index in [1.165, 1.54) is 58.2 Å². The van der Waals surface area contributed by atoms with E-state index in [9.17, 15) is 0 Å². The average Bonchev–Trinajstić information content (AvgIpc) is 3.28. The summed E-state index contributed by atoms with van der Waals surface area (Å²) in [7, 11) is 0. The molecule has 0 spiro atoms. The van der Waals surface area contributed by atoms with Crippen LogP contribution in [-0.4, -0.2) is 48.3 Å². The predicted octanol–water partition coefficient (Wildman–Crippen LogP) is 6.55. The normalized spacial score (nSPS) is 23.0. The highest BCUT2D eigenvalue weighted by atomic mass is 35.5. The number of nitrogens with two attached hydrogens (primary N) is 1. The van der Waals surface area contributed by atoms with Crippen molar-refractivity contribution in [2.45, 2.75) is 55.9 Å². The van der Waals surface area contributed by atoms with E-state index in [2.05, 4.69) is 37.8 Å². The molecule has 3 fully saturated rings. The van der Waals surface area contributed by atoms with Crippen LogP contribution in [0.5, 0.6) is 0 Å². The fourth-order valence-corrected chi connectivity index (χ4v) is 7.57. The van der Waals surface area contributed by atoms with Crippen molar-refractivity contribution in [3.63, 3.8) is 0 Å². The fourth-order valence-electron chi connectivity index (χ4n) is 6.66. The maximum atomic E-state index is 6.44. The maximum absolute atomic E-state index is 6.44. The third-order valence-electron chi connectivity index (χ3n) is 8.81. The Morgan fingerprint density at radius 3 is 2.55 bits per heavy atom. The number of likely N-dealkylation sites (tertiary alicyclic amines) is 1. The number of aromatic nitrogens is 5. The van der Waals surface area contributed by atoms with E-state index in [1.807, 2.05) is 34.5 Å². The van der Waals surface area contributed by atoms with Crippen LogP contribution >= 0.6 is 23.5 Å². The van der Waals surface area contributed by atoms with E-state index in [0.717, 1.165) is 51.4 Å². The molecule has 2 N–H and O–H groups in total. The SMILES string of the molecule is Nc1nc(Cl)nc2c1c(-c1ccn(Sc3ccccc3)n1)cn2C1CCC(C2CCN(CC3CC3)CC2)C1. The highest BCUT2D eigenvalue weighted by molar-refractivity contribution is 7.97. The first-order valence-corrected chi connectivity index (χ1v) is 15.1. The van der Waals surface area contributed by atoms with Gasteiger partial charge < -0.3 is 15.2 Å². The lowest BCUT2D eigenvalue weighted by Gasteiger charge is -2.35. The molecule has 0 amide bonds. The molecular formula is C29H34ClN7S. The molecule has 7 rings (SSSR count). The highest BCUT2D eigenvalue weighted by Gasteiger charge is 2.36. The second-order valence-corrected chi connectivity index (χ2v) is 12.7. The second kappa shape index (κ2) is 10.2. The van der Waals surface area contributed by atoms with Crippen molar-refractivity contribution in [2.75, 3.05) is 25.4 Å². The Labute approximate surface area is 232 Å². The Morgan fingerprint density at radius 1 is 0.947 bits per heavy atom. The lowest BCUT2D eigenvalue weighted by atomic mass is 9.83. The zero-order chi connectivity index (χ0) is 25.6. The summed E-state index contributed by atoms with van der Waals surface area (Å²) in [5.74, 6) is 3.02. The Hall–Kier alpha value is -2.55. The summed E-state index contributed by atoms with van der Waals surface area (Å²) < 4.78 is 4.21. The Balaban J connectivity index is 1.13. The number of halogens is 1. The van der Waals surface area contributed by atoms with Crippen LogP contribution in [0.4, 0.5) is 5.82 Å². The number of anilines is 1. The van der Waals surface area contributed by atoms with Crippen molar-refractivity contribution < 1.29 is 0 Å². The third kappa shape index (κ3) is 4.94. The summed E-state index contributed by atoms with van der Waals surface area (Å²) in [6.07, 6.45) is 13.4. The van der Waals surface area contributed by atoms with Gasteiger partial charge in [0.2, 0.25) is 5.28 Å². The van der Waals surface area contributed by atoms with E-state index in [4.69, 9.17) is 22.4 Å². The van der Waals surface area contributed by atoms with Crippen molar-refractivity contribution >= 4 is 40.4 Å². The summed E-state index contributed by atoms with van der Waals surface area (Å²) in [5, 5.41) is 5.91. The molecule has 38 heavy (non-hydrogen) atoms. The van der Waals surface area contributed by atoms with E-state index in [1.54, 1.807) is 11.9 Å². The van der Waals surface area contributed by atoms with Crippen LogP contribution in [0.2, 0.25) is 5.28 Å². The summed E-state index contributed by atoms with van der Waals surface area (Å²) in [6.45, 7) is 3.89. The zero-order valence-corrected chi connectivity index (χ0v) is 23.1. The number of benzene rings is 1. The van der Waals surface area contributed by atoms with Crippen LogP contribution in [-0.2, 0) is 0 Å². The molecule has 3 aliphatic rings. The van der Waals surface area contributed by atoms with Crippen molar-refractivity contribution in [3.8, 4) is 11.3 Å². The molecule has 9 heteroatoms. The summed E-state index contributed by atoms with van der Waals surface area (Å²) in [4.78, 5) is 12.8.